The predicted molar refractivity (Wildman–Crippen MR) is 82.7 cm³/mol. The number of hydrogen-bond donors (Lipinski definition) is 0. The van der Waals surface area contributed by atoms with Crippen molar-refractivity contribution < 1.29 is 21.2 Å². The van der Waals surface area contributed by atoms with Crippen LogP contribution in [0.15, 0.2) is 54.6 Å². The van der Waals surface area contributed by atoms with Crippen molar-refractivity contribution in [3.63, 3.8) is 0 Å². The van der Waals surface area contributed by atoms with Crippen LogP contribution in [-0.4, -0.2) is 0 Å². The van der Waals surface area contributed by atoms with Crippen LogP contribution in [0.25, 0.3) is 0 Å². The van der Waals surface area contributed by atoms with E-state index in [-0.39, 0.29) is 21.2 Å². The Kier molecular flexibility index (Phi) is 6.58. The molecule has 2 aromatic rings. The first-order valence-electron chi connectivity index (χ1n) is 7.56. The van der Waals surface area contributed by atoms with Crippen molar-refractivity contribution in [1.29, 1.82) is 0 Å². The van der Waals surface area contributed by atoms with Gasteiger partial charge in [0.25, 0.3) is 0 Å². The third-order valence-electron chi connectivity index (χ3n) is 3.72. The zero-order chi connectivity index (χ0) is 14.2. The van der Waals surface area contributed by atoms with E-state index in [0.29, 0.717) is 0 Å². The molecule has 20 heavy (non-hydrogen) atoms. The summed E-state index contributed by atoms with van der Waals surface area (Å²) in [5.41, 5.74) is 1.49. The molecule has 0 aliphatic heterocycles. The lowest BCUT2D eigenvalue weighted by atomic mass is 9.99. The van der Waals surface area contributed by atoms with E-state index in [1.807, 2.05) is 0 Å². The number of aryl methyl sites for hydroxylation is 1. The van der Waals surface area contributed by atoms with Crippen molar-refractivity contribution in [2.75, 3.05) is 0 Å². The molecule has 0 spiro atoms. The summed E-state index contributed by atoms with van der Waals surface area (Å²) in [7, 11) is 0. The van der Waals surface area contributed by atoms with E-state index < -0.39 is 0 Å². The van der Waals surface area contributed by atoms with Gasteiger partial charge in [-0.1, -0.05) is 57.0 Å². The Labute approximate surface area is 133 Å². The summed E-state index contributed by atoms with van der Waals surface area (Å²) in [6.07, 6.45) is 5.21. The monoisotopic (exact) mass is 379 g/mol. The van der Waals surface area contributed by atoms with Crippen molar-refractivity contribution in [2.45, 2.75) is 39.5 Å². The first-order valence-corrected chi connectivity index (χ1v) is 9.72. The van der Waals surface area contributed by atoms with Gasteiger partial charge in [0, 0.05) is 0 Å². The summed E-state index contributed by atoms with van der Waals surface area (Å²) >= 11 is -0.0110. The standard InChI is InChI=1S/C19H24I/c1-3-16(2)8-7-9-17-12-14-19(15-13-17)20-18-10-5-4-6-11-18/h4-6,10-16H,3,7-9H2,1-2H3/q+1. The minimum absolute atomic E-state index is 0.0110. The minimum Gasteiger partial charge on any atom is -0.0651 e. The van der Waals surface area contributed by atoms with Crippen LogP contribution in [0.4, 0.5) is 0 Å². The van der Waals surface area contributed by atoms with Crippen molar-refractivity contribution in [3.05, 3.63) is 67.3 Å². The summed E-state index contributed by atoms with van der Waals surface area (Å²) in [4.78, 5) is 0. The van der Waals surface area contributed by atoms with E-state index in [0.717, 1.165) is 5.92 Å². The molecular weight excluding hydrogens is 355 g/mol. The van der Waals surface area contributed by atoms with Gasteiger partial charge in [0.15, 0.2) is 7.14 Å². The molecule has 0 aliphatic carbocycles. The average Bonchev–Trinajstić information content (AvgIpc) is 2.50. The molecule has 1 heteroatoms. The molecule has 106 valence electrons. The van der Waals surface area contributed by atoms with Crippen molar-refractivity contribution in [3.8, 4) is 0 Å². The van der Waals surface area contributed by atoms with E-state index in [1.165, 1.54) is 38.4 Å². The summed E-state index contributed by atoms with van der Waals surface area (Å²) in [6, 6.07) is 20.2. The van der Waals surface area contributed by atoms with Crippen molar-refractivity contribution in [2.24, 2.45) is 5.92 Å². The third kappa shape index (κ3) is 5.28. The van der Waals surface area contributed by atoms with Crippen LogP contribution in [0.3, 0.4) is 0 Å². The first kappa shape index (κ1) is 15.6. The lowest BCUT2D eigenvalue weighted by Gasteiger charge is -2.07. The van der Waals surface area contributed by atoms with Crippen LogP contribution in [0.2, 0.25) is 0 Å². The van der Waals surface area contributed by atoms with Gasteiger partial charge in [-0.2, -0.15) is 0 Å². The highest BCUT2D eigenvalue weighted by Gasteiger charge is 2.14. The molecule has 0 heterocycles. The molecule has 0 nitrogen and oxygen atoms in total. The average molecular weight is 379 g/mol. The maximum Gasteiger partial charge on any atom is 0.357 e. The van der Waals surface area contributed by atoms with Crippen LogP contribution in [0.1, 0.15) is 38.7 Å². The van der Waals surface area contributed by atoms with Gasteiger partial charge < -0.3 is 0 Å². The van der Waals surface area contributed by atoms with Crippen LogP contribution in [0.5, 0.6) is 0 Å². The topological polar surface area (TPSA) is 0 Å². The normalized spacial score (nSPS) is 12.3. The Hall–Kier alpha value is -0.830. The van der Waals surface area contributed by atoms with Gasteiger partial charge in [-0.05, 0) is 48.6 Å². The highest BCUT2D eigenvalue weighted by molar-refractivity contribution is 5.14. The summed E-state index contributed by atoms with van der Waals surface area (Å²) in [5.74, 6) is 0.873. The second-order valence-electron chi connectivity index (χ2n) is 5.42. The van der Waals surface area contributed by atoms with Gasteiger partial charge in [-0.25, -0.2) is 0 Å². The number of hydrogen-bond acceptors (Lipinski definition) is 0. The summed E-state index contributed by atoms with van der Waals surface area (Å²) < 4.78 is 3.01. The number of halogens is 1. The Morgan fingerprint density at radius 2 is 1.55 bits per heavy atom. The van der Waals surface area contributed by atoms with E-state index in [4.69, 9.17) is 0 Å². The summed E-state index contributed by atoms with van der Waals surface area (Å²) in [5, 5.41) is 0. The first-order chi connectivity index (χ1) is 9.78. The fraction of sp³-hybridized carbons (Fsp3) is 0.368. The predicted octanol–water partition coefficient (Wildman–Crippen LogP) is 2.18. The molecule has 2 rings (SSSR count). The molecular formula is C19H24I+. The quantitative estimate of drug-likeness (QED) is 0.647. The Balaban J connectivity index is 1.84. The smallest absolute Gasteiger partial charge is 0.0651 e. The third-order valence-corrected chi connectivity index (χ3v) is 6.41. The maximum absolute atomic E-state index is 2.35. The van der Waals surface area contributed by atoms with Crippen LogP contribution < -0.4 is 21.2 Å². The highest BCUT2D eigenvalue weighted by atomic mass is 127. The molecule has 0 bridgehead atoms. The largest absolute Gasteiger partial charge is 0.357 e. The molecule has 0 saturated carbocycles. The maximum atomic E-state index is 2.35. The van der Waals surface area contributed by atoms with Gasteiger partial charge >= 0.3 is 21.2 Å². The number of benzene rings is 2. The summed E-state index contributed by atoms with van der Waals surface area (Å²) in [6.45, 7) is 4.64. The highest BCUT2D eigenvalue weighted by Crippen LogP contribution is 2.12. The van der Waals surface area contributed by atoms with Crippen LogP contribution in [-0.2, 0) is 6.42 Å². The van der Waals surface area contributed by atoms with Crippen molar-refractivity contribution in [1.82, 2.24) is 0 Å². The molecule has 0 saturated heterocycles. The Morgan fingerprint density at radius 1 is 0.900 bits per heavy atom. The lowest BCUT2D eigenvalue weighted by Crippen LogP contribution is -3.61. The Morgan fingerprint density at radius 3 is 2.20 bits per heavy atom. The van der Waals surface area contributed by atoms with E-state index >= 15 is 0 Å². The van der Waals surface area contributed by atoms with E-state index in [2.05, 4.69) is 68.4 Å². The molecule has 0 aliphatic rings. The lowest BCUT2D eigenvalue weighted by molar-refractivity contribution is -0.597. The molecule has 0 radical (unpaired) electrons. The SMILES string of the molecule is CCC(C)CCCc1ccc([I+]c2ccccc2)cc1. The second-order valence-corrected chi connectivity index (χ2v) is 8.45. The van der Waals surface area contributed by atoms with E-state index in [9.17, 15) is 0 Å². The molecule has 1 atom stereocenters. The molecule has 0 amide bonds. The number of rotatable bonds is 7. The van der Waals surface area contributed by atoms with Gasteiger partial charge in [0.05, 0.1) is 0 Å². The van der Waals surface area contributed by atoms with Crippen molar-refractivity contribution >= 4 is 0 Å². The van der Waals surface area contributed by atoms with Gasteiger partial charge in [0.1, 0.15) is 0 Å². The van der Waals surface area contributed by atoms with Gasteiger partial charge in [-0.15, -0.1) is 0 Å². The minimum atomic E-state index is -0.0110. The second kappa shape index (κ2) is 8.46. The van der Waals surface area contributed by atoms with Crippen LogP contribution in [0, 0.1) is 13.1 Å². The van der Waals surface area contributed by atoms with Crippen LogP contribution >= 0.6 is 0 Å². The zero-order valence-corrected chi connectivity index (χ0v) is 14.6. The fourth-order valence-corrected chi connectivity index (χ4v) is 4.39. The molecule has 0 N–H and O–H groups in total. The molecule has 0 aromatic heterocycles. The van der Waals surface area contributed by atoms with Gasteiger partial charge in [0.2, 0.25) is 0 Å². The molecule has 1 unspecified atom stereocenters. The Bertz CT molecular complexity index is 487. The zero-order valence-electron chi connectivity index (χ0n) is 12.5. The van der Waals surface area contributed by atoms with Gasteiger partial charge in [-0.3, -0.25) is 0 Å². The molecule has 2 aromatic carbocycles. The van der Waals surface area contributed by atoms with E-state index in [1.54, 1.807) is 0 Å². The fourth-order valence-electron chi connectivity index (χ4n) is 2.18. The molecule has 0 fully saturated rings.